The fourth-order valence-electron chi connectivity index (χ4n) is 1.63. The highest BCUT2D eigenvalue weighted by atomic mass is 79.9. The molecule has 0 heterocycles. The lowest BCUT2D eigenvalue weighted by Gasteiger charge is -2.16. The van der Waals surface area contributed by atoms with E-state index in [2.05, 4.69) is 21.2 Å². The van der Waals surface area contributed by atoms with Crippen molar-refractivity contribution in [2.75, 3.05) is 7.11 Å². The van der Waals surface area contributed by atoms with Crippen LogP contribution < -0.4 is 5.32 Å². The number of nitrogens with one attached hydrogen (secondary N) is 1. The zero-order valence-corrected chi connectivity index (χ0v) is 13.0. The number of ether oxygens (including phenoxy) is 1. The maximum atomic E-state index is 11.8. The zero-order chi connectivity index (χ0) is 15.1. The Balaban J connectivity index is 2.66. The standard InChI is InChI=1S/C14H18BrNO4/c1-9(20-2)3-8-12(17)16-13(14(18)19)10-4-6-11(15)7-5-10/h4-7,9,13H,3,8H2,1-2H3,(H,16,17)(H,18,19). The number of halogens is 1. The average Bonchev–Trinajstić information content (AvgIpc) is 2.43. The van der Waals surface area contributed by atoms with Crippen molar-refractivity contribution in [3.63, 3.8) is 0 Å². The molecule has 2 atom stereocenters. The highest BCUT2D eigenvalue weighted by Crippen LogP contribution is 2.17. The van der Waals surface area contributed by atoms with E-state index in [0.29, 0.717) is 12.0 Å². The summed E-state index contributed by atoms with van der Waals surface area (Å²) in [4.78, 5) is 23.0. The summed E-state index contributed by atoms with van der Waals surface area (Å²) in [5.41, 5.74) is 0.536. The van der Waals surface area contributed by atoms with Crippen LogP contribution in [0.15, 0.2) is 28.7 Å². The molecule has 0 aliphatic rings. The highest BCUT2D eigenvalue weighted by molar-refractivity contribution is 9.10. The number of carboxylic acids is 1. The summed E-state index contributed by atoms with van der Waals surface area (Å²) in [6, 6.07) is 5.78. The first-order valence-electron chi connectivity index (χ1n) is 6.24. The molecule has 0 saturated carbocycles. The van der Waals surface area contributed by atoms with Crippen LogP contribution in [0.25, 0.3) is 0 Å². The van der Waals surface area contributed by atoms with Crippen molar-refractivity contribution < 1.29 is 19.4 Å². The van der Waals surface area contributed by atoms with Crippen LogP contribution >= 0.6 is 15.9 Å². The summed E-state index contributed by atoms with van der Waals surface area (Å²) in [6.45, 7) is 1.86. The third-order valence-electron chi connectivity index (χ3n) is 2.94. The quantitative estimate of drug-likeness (QED) is 0.797. The molecule has 2 unspecified atom stereocenters. The van der Waals surface area contributed by atoms with E-state index < -0.39 is 12.0 Å². The zero-order valence-electron chi connectivity index (χ0n) is 11.4. The second-order valence-electron chi connectivity index (χ2n) is 4.48. The van der Waals surface area contributed by atoms with Crippen molar-refractivity contribution in [2.24, 2.45) is 0 Å². The molecule has 0 aliphatic heterocycles. The SMILES string of the molecule is COC(C)CCC(=O)NC(C(=O)O)c1ccc(Br)cc1. The summed E-state index contributed by atoms with van der Waals surface area (Å²) >= 11 is 3.28. The molecule has 0 saturated heterocycles. The van der Waals surface area contributed by atoms with Gasteiger partial charge in [-0.3, -0.25) is 4.79 Å². The molecule has 1 aromatic rings. The monoisotopic (exact) mass is 343 g/mol. The molecule has 0 aliphatic carbocycles. The van der Waals surface area contributed by atoms with E-state index in [0.717, 1.165) is 4.47 Å². The van der Waals surface area contributed by atoms with Crippen LogP contribution in [0, 0.1) is 0 Å². The Bertz CT molecular complexity index is 461. The normalized spacial score (nSPS) is 13.6. The van der Waals surface area contributed by atoms with Gasteiger partial charge in [-0.15, -0.1) is 0 Å². The molecule has 1 rings (SSSR count). The molecule has 0 aromatic heterocycles. The van der Waals surface area contributed by atoms with Crippen molar-refractivity contribution >= 4 is 27.8 Å². The molecular formula is C14H18BrNO4. The maximum Gasteiger partial charge on any atom is 0.330 e. The minimum absolute atomic E-state index is 0.0308. The average molecular weight is 344 g/mol. The van der Waals surface area contributed by atoms with Gasteiger partial charge >= 0.3 is 5.97 Å². The molecule has 5 nitrogen and oxygen atoms in total. The van der Waals surface area contributed by atoms with Gasteiger partial charge in [0, 0.05) is 18.0 Å². The van der Waals surface area contributed by atoms with Gasteiger partial charge in [-0.25, -0.2) is 4.79 Å². The van der Waals surface area contributed by atoms with Crippen molar-refractivity contribution in [3.8, 4) is 0 Å². The molecule has 2 N–H and O–H groups in total. The van der Waals surface area contributed by atoms with Crippen molar-refractivity contribution in [1.29, 1.82) is 0 Å². The van der Waals surface area contributed by atoms with Crippen molar-refractivity contribution in [1.82, 2.24) is 5.32 Å². The first kappa shape index (κ1) is 16.7. The van der Waals surface area contributed by atoms with E-state index in [4.69, 9.17) is 4.74 Å². The van der Waals surface area contributed by atoms with Gasteiger partial charge in [0.1, 0.15) is 0 Å². The Hall–Kier alpha value is -1.40. The minimum Gasteiger partial charge on any atom is -0.479 e. The van der Waals surface area contributed by atoms with Crippen LogP contribution in [0.5, 0.6) is 0 Å². The number of aliphatic carboxylic acids is 1. The molecule has 0 bridgehead atoms. The summed E-state index contributed by atoms with van der Waals surface area (Å²) in [6.07, 6.45) is 0.751. The number of amides is 1. The van der Waals surface area contributed by atoms with Crippen LogP contribution in [0.4, 0.5) is 0 Å². The number of hydrogen-bond donors (Lipinski definition) is 2. The number of methoxy groups -OCH3 is 1. The second-order valence-corrected chi connectivity index (χ2v) is 5.39. The number of benzene rings is 1. The van der Waals surface area contributed by atoms with Gasteiger partial charge in [0.05, 0.1) is 6.10 Å². The van der Waals surface area contributed by atoms with Gasteiger partial charge in [0.2, 0.25) is 5.91 Å². The Kier molecular flexibility index (Phi) is 6.67. The Morgan fingerprint density at radius 1 is 1.35 bits per heavy atom. The lowest BCUT2D eigenvalue weighted by molar-refractivity contribution is -0.142. The Labute approximate surface area is 126 Å². The largest absolute Gasteiger partial charge is 0.479 e. The molecule has 20 heavy (non-hydrogen) atoms. The molecule has 110 valence electrons. The minimum atomic E-state index is -1.08. The van der Waals surface area contributed by atoms with Gasteiger partial charge in [-0.2, -0.15) is 0 Å². The number of hydrogen-bond acceptors (Lipinski definition) is 3. The van der Waals surface area contributed by atoms with Crippen LogP contribution in [-0.2, 0) is 14.3 Å². The highest BCUT2D eigenvalue weighted by Gasteiger charge is 2.22. The van der Waals surface area contributed by atoms with E-state index in [1.54, 1.807) is 31.4 Å². The lowest BCUT2D eigenvalue weighted by atomic mass is 10.1. The summed E-state index contributed by atoms with van der Waals surface area (Å²) in [5.74, 6) is -1.38. The molecular weight excluding hydrogens is 326 g/mol. The van der Waals surface area contributed by atoms with E-state index in [1.807, 2.05) is 6.92 Å². The predicted molar refractivity (Wildman–Crippen MR) is 78.4 cm³/mol. The topological polar surface area (TPSA) is 75.6 Å². The van der Waals surface area contributed by atoms with Crippen LogP contribution in [0.2, 0.25) is 0 Å². The third-order valence-corrected chi connectivity index (χ3v) is 3.46. The Morgan fingerprint density at radius 3 is 2.45 bits per heavy atom. The number of carbonyl (C=O) groups excluding carboxylic acids is 1. The lowest BCUT2D eigenvalue weighted by Crippen LogP contribution is -2.34. The fourth-order valence-corrected chi connectivity index (χ4v) is 1.89. The van der Waals surface area contributed by atoms with Crippen LogP contribution in [0.1, 0.15) is 31.4 Å². The maximum absolute atomic E-state index is 11.8. The number of carboxylic acid groups (broad SMARTS) is 1. The molecule has 0 fully saturated rings. The summed E-state index contributed by atoms with van der Waals surface area (Å²) < 4.78 is 5.90. The first-order valence-corrected chi connectivity index (χ1v) is 7.03. The van der Waals surface area contributed by atoms with Gasteiger partial charge in [0.15, 0.2) is 6.04 Å². The van der Waals surface area contributed by atoms with E-state index >= 15 is 0 Å². The molecule has 1 amide bonds. The number of carbonyl (C=O) groups is 2. The smallest absolute Gasteiger partial charge is 0.330 e. The van der Waals surface area contributed by atoms with Crippen LogP contribution in [-0.4, -0.2) is 30.2 Å². The van der Waals surface area contributed by atoms with Gasteiger partial charge < -0.3 is 15.2 Å². The predicted octanol–water partition coefficient (Wildman–Crippen LogP) is 2.51. The molecule has 1 aromatic carbocycles. The molecule has 0 spiro atoms. The van der Waals surface area contributed by atoms with E-state index in [1.165, 1.54) is 0 Å². The summed E-state index contributed by atoms with van der Waals surface area (Å²) in [5, 5.41) is 11.7. The van der Waals surface area contributed by atoms with Crippen LogP contribution in [0.3, 0.4) is 0 Å². The van der Waals surface area contributed by atoms with Gasteiger partial charge in [-0.05, 0) is 31.0 Å². The third kappa shape index (κ3) is 5.30. The van der Waals surface area contributed by atoms with Gasteiger partial charge in [-0.1, -0.05) is 28.1 Å². The molecule has 0 radical (unpaired) electrons. The Morgan fingerprint density at radius 2 is 1.95 bits per heavy atom. The van der Waals surface area contributed by atoms with E-state index in [-0.39, 0.29) is 18.4 Å². The van der Waals surface area contributed by atoms with Gasteiger partial charge in [0.25, 0.3) is 0 Å². The van der Waals surface area contributed by atoms with Crippen molar-refractivity contribution in [2.45, 2.75) is 31.9 Å². The van der Waals surface area contributed by atoms with Crippen molar-refractivity contribution in [3.05, 3.63) is 34.3 Å². The number of rotatable bonds is 7. The second kappa shape index (κ2) is 8.01. The first-order chi connectivity index (χ1) is 9.43. The fraction of sp³-hybridized carbons (Fsp3) is 0.429. The summed E-state index contributed by atoms with van der Waals surface area (Å²) in [7, 11) is 1.57. The van der Waals surface area contributed by atoms with E-state index in [9.17, 15) is 14.7 Å². The molecule has 6 heteroatoms.